The van der Waals surface area contributed by atoms with Gasteiger partial charge in [-0.25, -0.2) is 16.8 Å². The Morgan fingerprint density at radius 3 is 1.83 bits per heavy atom. The van der Waals surface area contributed by atoms with Gasteiger partial charge >= 0.3 is 0 Å². The Kier molecular flexibility index (Phi) is 7.80. The van der Waals surface area contributed by atoms with Crippen LogP contribution in [-0.2, 0) is 31.4 Å². The fraction of sp³-hybridized carbons (Fsp3) is 0.458. The lowest BCUT2D eigenvalue weighted by Gasteiger charge is -2.30. The maximum Gasteiger partial charge on any atom is 0.243 e. The van der Waals surface area contributed by atoms with Gasteiger partial charge in [-0.05, 0) is 67.6 Å². The van der Waals surface area contributed by atoms with Crippen molar-refractivity contribution in [3.05, 3.63) is 54.1 Å². The van der Waals surface area contributed by atoms with E-state index in [-0.39, 0.29) is 41.3 Å². The minimum atomic E-state index is -3.62. The van der Waals surface area contributed by atoms with Crippen LogP contribution in [-0.4, -0.2) is 64.6 Å². The zero-order valence-corrected chi connectivity index (χ0v) is 21.4. The molecule has 2 fully saturated rings. The van der Waals surface area contributed by atoms with Gasteiger partial charge in [0.05, 0.1) is 16.9 Å². The summed E-state index contributed by atoms with van der Waals surface area (Å²) in [5, 5.41) is 2.90. The van der Waals surface area contributed by atoms with E-state index >= 15 is 0 Å². The molecule has 0 unspecified atom stereocenters. The number of piperidine rings is 1. The Labute approximate surface area is 207 Å². The number of hydrogen-bond donors (Lipinski definition) is 1. The molecule has 2 aliphatic rings. The van der Waals surface area contributed by atoms with Crippen molar-refractivity contribution in [1.29, 1.82) is 0 Å². The molecule has 2 aromatic rings. The van der Waals surface area contributed by atoms with Crippen LogP contribution < -0.4 is 10.1 Å². The van der Waals surface area contributed by atoms with Crippen molar-refractivity contribution in [1.82, 2.24) is 13.9 Å². The first kappa shape index (κ1) is 25.6. The van der Waals surface area contributed by atoms with Gasteiger partial charge in [0.2, 0.25) is 26.0 Å². The van der Waals surface area contributed by atoms with Crippen molar-refractivity contribution in [3.63, 3.8) is 0 Å². The van der Waals surface area contributed by atoms with E-state index in [1.807, 2.05) is 0 Å². The largest absolute Gasteiger partial charge is 0.497 e. The number of ether oxygens (including phenoxy) is 1. The summed E-state index contributed by atoms with van der Waals surface area (Å²) in [5.41, 5.74) is 0.804. The maximum absolute atomic E-state index is 12.9. The van der Waals surface area contributed by atoms with Gasteiger partial charge in [0.15, 0.2) is 0 Å². The molecule has 2 heterocycles. The molecule has 0 radical (unpaired) electrons. The molecular weight excluding hydrogens is 490 g/mol. The normalized spacial score (nSPS) is 18.4. The molecule has 11 heteroatoms. The number of nitrogens with one attached hydrogen (secondary N) is 1. The van der Waals surface area contributed by atoms with E-state index in [1.165, 1.54) is 27.9 Å². The molecule has 0 aromatic heterocycles. The third kappa shape index (κ3) is 5.69. The van der Waals surface area contributed by atoms with Crippen LogP contribution in [0.25, 0.3) is 0 Å². The summed E-state index contributed by atoms with van der Waals surface area (Å²) in [5.74, 6) is 0.189. The fourth-order valence-electron chi connectivity index (χ4n) is 4.45. The SMILES string of the molecule is COc1ccc(S(=O)(=O)N2CCC(C(=O)NCc3ccc(S(=O)(=O)N4CCCC4)cc3)CC2)cc1. The smallest absolute Gasteiger partial charge is 0.243 e. The Morgan fingerprint density at radius 2 is 1.31 bits per heavy atom. The minimum absolute atomic E-state index is 0.125. The third-order valence-electron chi connectivity index (χ3n) is 6.61. The molecule has 0 aliphatic carbocycles. The highest BCUT2D eigenvalue weighted by Gasteiger charge is 2.32. The zero-order chi connectivity index (χ0) is 25.1. The van der Waals surface area contributed by atoms with Crippen LogP contribution >= 0.6 is 0 Å². The molecule has 9 nitrogen and oxygen atoms in total. The topological polar surface area (TPSA) is 113 Å². The number of amides is 1. The van der Waals surface area contributed by atoms with Crippen LogP contribution in [0.2, 0.25) is 0 Å². The van der Waals surface area contributed by atoms with Gasteiger partial charge in [-0.3, -0.25) is 4.79 Å². The second-order valence-corrected chi connectivity index (χ2v) is 12.7. The van der Waals surface area contributed by atoms with Gasteiger partial charge < -0.3 is 10.1 Å². The number of benzene rings is 2. The van der Waals surface area contributed by atoms with Crippen molar-refractivity contribution in [3.8, 4) is 5.75 Å². The summed E-state index contributed by atoms with van der Waals surface area (Å²) in [6.45, 7) is 1.94. The maximum atomic E-state index is 12.9. The third-order valence-corrected chi connectivity index (χ3v) is 10.4. The average Bonchev–Trinajstić information content (AvgIpc) is 3.44. The number of methoxy groups -OCH3 is 1. The zero-order valence-electron chi connectivity index (χ0n) is 19.7. The molecule has 2 aromatic carbocycles. The molecule has 0 bridgehead atoms. The van der Waals surface area contributed by atoms with Crippen molar-refractivity contribution in [2.45, 2.75) is 42.0 Å². The van der Waals surface area contributed by atoms with Crippen LogP contribution in [0, 0.1) is 5.92 Å². The fourth-order valence-corrected chi connectivity index (χ4v) is 7.43. The molecule has 1 amide bonds. The first-order chi connectivity index (χ1) is 16.7. The van der Waals surface area contributed by atoms with Gasteiger partial charge in [-0.15, -0.1) is 0 Å². The standard InChI is InChI=1S/C24H31N3O6S2/c1-33-21-6-10-23(11-7-21)35(31,32)27-16-12-20(13-17-27)24(28)25-18-19-4-8-22(9-5-19)34(29,30)26-14-2-3-15-26/h4-11,20H,2-3,12-18H2,1H3,(H,25,28). The average molecular weight is 522 g/mol. The van der Waals surface area contributed by atoms with E-state index in [0.29, 0.717) is 31.7 Å². The quantitative estimate of drug-likeness (QED) is 0.570. The summed E-state index contributed by atoms with van der Waals surface area (Å²) in [4.78, 5) is 13.1. The monoisotopic (exact) mass is 521 g/mol. The first-order valence-corrected chi connectivity index (χ1v) is 14.6. The van der Waals surface area contributed by atoms with Crippen molar-refractivity contribution in [2.75, 3.05) is 33.3 Å². The second-order valence-electron chi connectivity index (χ2n) is 8.83. The number of hydrogen-bond acceptors (Lipinski definition) is 6. The van der Waals surface area contributed by atoms with Gasteiger partial charge in [0.1, 0.15) is 5.75 Å². The van der Waals surface area contributed by atoms with Crippen molar-refractivity contribution in [2.24, 2.45) is 5.92 Å². The Hall–Kier alpha value is -2.47. The lowest BCUT2D eigenvalue weighted by atomic mass is 9.97. The van der Waals surface area contributed by atoms with Gasteiger partial charge in [0.25, 0.3) is 0 Å². The van der Waals surface area contributed by atoms with Gasteiger partial charge in [-0.2, -0.15) is 8.61 Å². The molecule has 0 atom stereocenters. The van der Waals surface area contributed by atoms with E-state index in [9.17, 15) is 21.6 Å². The molecule has 4 rings (SSSR count). The molecular formula is C24H31N3O6S2. The summed E-state index contributed by atoms with van der Waals surface area (Å²) in [7, 11) is -5.56. The molecule has 190 valence electrons. The molecule has 0 spiro atoms. The van der Waals surface area contributed by atoms with Crippen LogP contribution in [0.4, 0.5) is 0 Å². The van der Waals surface area contributed by atoms with Crippen molar-refractivity contribution < 1.29 is 26.4 Å². The lowest BCUT2D eigenvalue weighted by Crippen LogP contribution is -2.42. The van der Waals surface area contributed by atoms with E-state index in [2.05, 4.69) is 5.32 Å². The highest BCUT2D eigenvalue weighted by Crippen LogP contribution is 2.26. The summed E-state index contributed by atoms with van der Waals surface area (Å²) >= 11 is 0. The number of nitrogens with zero attached hydrogens (tertiary/aromatic N) is 2. The highest BCUT2D eigenvalue weighted by molar-refractivity contribution is 7.89. The van der Waals surface area contributed by atoms with Crippen LogP contribution in [0.1, 0.15) is 31.2 Å². The van der Waals surface area contributed by atoms with E-state index in [4.69, 9.17) is 4.74 Å². The van der Waals surface area contributed by atoms with Crippen LogP contribution in [0.5, 0.6) is 5.75 Å². The van der Waals surface area contributed by atoms with Crippen molar-refractivity contribution >= 4 is 26.0 Å². The van der Waals surface area contributed by atoms with Gasteiger partial charge in [-0.1, -0.05) is 12.1 Å². The number of carbonyl (C=O) groups is 1. The molecule has 35 heavy (non-hydrogen) atoms. The lowest BCUT2D eigenvalue weighted by molar-refractivity contribution is -0.126. The Balaban J connectivity index is 1.28. The molecule has 1 N–H and O–H groups in total. The number of sulfonamides is 2. The molecule has 0 saturated carbocycles. The summed E-state index contributed by atoms with van der Waals surface area (Å²) < 4.78 is 59.1. The minimum Gasteiger partial charge on any atom is -0.497 e. The van der Waals surface area contributed by atoms with E-state index in [1.54, 1.807) is 36.4 Å². The molecule has 2 saturated heterocycles. The molecule has 2 aliphatic heterocycles. The Morgan fingerprint density at radius 1 is 0.829 bits per heavy atom. The predicted molar refractivity (Wildman–Crippen MR) is 131 cm³/mol. The Bertz CT molecular complexity index is 1230. The highest BCUT2D eigenvalue weighted by atomic mass is 32.2. The van der Waals surface area contributed by atoms with Crippen LogP contribution in [0.15, 0.2) is 58.3 Å². The van der Waals surface area contributed by atoms with E-state index < -0.39 is 20.0 Å². The summed E-state index contributed by atoms with van der Waals surface area (Å²) in [6.07, 6.45) is 2.65. The van der Waals surface area contributed by atoms with E-state index in [0.717, 1.165) is 18.4 Å². The summed E-state index contributed by atoms with van der Waals surface area (Å²) in [6, 6.07) is 12.9. The predicted octanol–water partition coefficient (Wildman–Crippen LogP) is 2.20. The number of carbonyl (C=O) groups excluding carboxylic acids is 1. The second kappa shape index (κ2) is 10.7. The first-order valence-electron chi connectivity index (χ1n) is 11.7. The number of rotatable bonds is 8. The van der Waals surface area contributed by atoms with Gasteiger partial charge in [0, 0.05) is 38.6 Å². The van der Waals surface area contributed by atoms with Crippen LogP contribution in [0.3, 0.4) is 0 Å².